The Bertz CT molecular complexity index is 804. The molecule has 1 fully saturated rings. The third-order valence-electron chi connectivity index (χ3n) is 5.00. The Labute approximate surface area is 154 Å². The summed E-state index contributed by atoms with van der Waals surface area (Å²) >= 11 is 6.23. The van der Waals surface area contributed by atoms with E-state index in [1.165, 1.54) is 0 Å². The van der Waals surface area contributed by atoms with Crippen LogP contribution in [0.4, 0.5) is 0 Å². The largest absolute Gasteiger partial charge is 0.491 e. The molecule has 3 rings (SSSR count). The SMILES string of the molecule is CNCC(=Cc1ccc2c(Cl)ccnc2c1)B1OC(C)(C)C(C)(C)O1. The van der Waals surface area contributed by atoms with Crippen molar-refractivity contribution in [2.75, 3.05) is 13.6 Å². The van der Waals surface area contributed by atoms with Gasteiger partial charge in [-0.15, -0.1) is 0 Å². The molecule has 0 spiro atoms. The van der Waals surface area contributed by atoms with Crippen molar-refractivity contribution >= 4 is 35.7 Å². The molecule has 4 nitrogen and oxygen atoms in total. The molecule has 1 aromatic carbocycles. The minimum atomic E-state index is -0.375. The van der Waals surface area contributed by atoms with Gasteiger partial charge in [0.1, 0.15) is 0 Å². The molecule has 0 aliphatic carbocycles. The molecular weight excluding hydrogens is 334 g/mol. The highest BCUT2D eigenvalue weighted by molar-refractivity contribution is 6.56. The van der Waals surface area contributed by atoms with Crippen molar-refractivity contribution in [2.45, 2.75) is 38.9 Å². The van der Waals surface area contributed by atoms with Crippen molar-refractivity contribution in [3.05, 3.63) is 46.5 Å². The van der Waals surface area contributed by atoms with Crippen LogP contribution in [0.15, 0.2) is 35.9 Å². The van der Waals surface area contributed by atoms with E-state index < -0.39 is 0 Å². The first kappa shape index (κ1) is 18.4. The number of fused-ring (bicyclic) bond motifs is 1. The van der Waals surface area contributed by atoms with Crippen LogP contribution in [0.25, 0.3) is 17.0 Å². The molecule has 0 amide bonds. The van der Waals surface area contributed by atoms with Crippen LogP contribution >= 0.6 is 11.6 Å². The Kier molecular flexibility index (Phi) is 4.95. The molecule has 0 bridgehead atoms. The quantitative estimate of drug-likeness (QED) is 0.835. The van der Waals surface area contributed by atoms with Gasteiger partial charge in [-0.2, -0.15) is 0 Å². The van der Waals surface area contributed by atoms with Gasteiger partial charge in [-0.3, -0.25) is 4.98 Å². The van der Waals surface area contributed by atoms with Crippen LogP contribution in [-0.2, 0) is 9.31 Å². The molecule has 25 heavy (non-hydrogen) atoms. The van der Waals surface area contributed by atoms with E-state index in [9.17, 15) is 0 Å². The summed E-state index contributed by atoms with van der Waals surface area (Å²) < 4.78 is 12.4. The lowest BCUT2D eigenvalue weighted by molar-refractivity contribution is 0.00578. The second-order valence-electron chi connectivity index (χ2n) is 7.41. The van der Waals surface area contributed by atoms with Crippen LogP contribution in [0.3, 0.4) is 0 Å². The van der Waals surface area contributed by atoms with Gasteiger partial charge in [0.2, 0.25) is 0 Å². The Hall–Kier alpha value is -1.40. The molecular formula is C19H24BClN2O2. The molecule has 1 aliphatic rings. The zero-order chi connectivity index (χ0) is 18.2. The van der Waals surface area contributed by atoms with Gasteiger partial charge in [0.15, 0.2) is 0 Å². The van der Waals surface area contributed by atoms with E-state index in [1.54, 1.807) is 12.3 Å². The normalized spacial score (nSPS) is 19.6. The number of rotatable bonds is 4. The van der Waals surface area contributed by atoms with Crippen molar-refractivity contribution in [1.29, 1.82) is 0 Å². The van der Waals surface area contributed by atoms with Crippen molar-refractivity contribution in [1.82, 2.24) is 10.3 Å². The van der Waals surface area contributed by atoms with E-state index in [0.29, 0.717) is 11.6 Å². The third-order valence-corrected chi connectivity index (χ3v) is 5.33. The first-order chi connectivity index (χ1) is 11.7. The highest BCUT2D eigenvalue weighted by Crippen LogP contribution is 2.38. The first-order valence-electron chi connectivity index (χ1n) is 8.48. The lowest BCUT2D eigenvalue weighted by atomic mass is 9.77. The number of nitrogens with zero attached hydrogens (tertiary/aromatic N) is 1. The van der Waals surface area contributed by atoms with E-state index in [4.69, 9.17) is 20.9 Å². The Balaban J connectivity index is 1.96. The van der Waals surface area contributed by atoms with E-state index in [1.807, 2.05) is 25.2 Å². The summed E-state index contributed by atoms with van der Waals surface area (Å²) in [4.78, 5) is 4.41. The molecule has 1 aromatic heterocycles. The summed E-state index contributed by atoms with van der Waals surface area (Å²) in [6, 6.07) is 7.87. The fourth-order valence-electron chi connectivity index (χ4n) is 2.84. The Morgan fingerprint density at radius 3 is 2.52 bits per heavy atom. The van der Waals surface area contributed by atoms with Crippen LogP contribution in [0.1, 0.15) is 33.3 Å². The molecule has 0 atom stereocenters. The van der Waals surface area contributed by atoms with Crippen LogP contribution in [0.2, 0.25) is 5.02 Å². The van der Waals surface area contributed by atoms with E-state index in [-0.39, 0.29) is 18.3 Å². The van der Waals surface area contributed by atoms with Gasteiger partial charge in [0.05, 0.1) is 21.7 Å². The van der Waals surface area contributed by atoms with Crippen LogP contribution in [0.5, 0.6) is 0 Å². The van der Waals surface area contributed by atoms with Gasteiger partial charge >= 0.3 is 7.12 Å². The molecule has 2 aromatic rings. The maximum Gasteiger partial charge on any atom is 0.491 e. The minimum Gasteiger partial charge on any atom is -0.400 e. The predicted molar refractivity (Wildman–Crippen MR) is 105 cm³/mol. The van der Waals surface area contributed by atoms with Crippen molar-refractivity contribution in [3.63, 3.8) is 0 Å². The molecule has 1 saturated heterocycles. The van der Waals surface area contributed by atoms with E-state index >= 15 is 0 Å². The van der Waals surface area contributed by atoms with Gasteiger partial charge in [-0.25, -0.2) is 0 Å². The monoisotopic (exact) mass is 358 g/mol. The number of nitrogens with one attached hydrogen (secondary N) is 1. The average Bonchev–Trinajstić information content (AvgIpc) is 2.75. The van der Waals surface area contributed by atoms with Crippen LogP contribution in [0, 0.1) is 0 Å². The predicted octanol–water partition coefficient (Wildman–Crippen LogP) is 4.12. The summed E-state index contributed by atoms with van der Waals surface area (Å²) in [5.74, 6) is 0. The highest BCUT2D eigenvalue weighted by Gasteiger charge is 2.52. The maximum atomic E-state index is 6.23. The molecule has 1 aliphatic heterocycles. The van der Waals surface area contributed by atoms with Crippen molar-refractivity contribution < 1.29 is 9.31 Å². The fourth-order valence-corrected chi connectivity index (χ4v) is 3.05. The number of hydrogen-bond donors (Lipinski definition) is 1. The van der Waals surface area contributed by atoms with Crippen molar-refractivity contribution in [3.8, 4) is 0 Å². The lowest BCUT2D eigenvalue weighted by Gasteiger charge is -2.32. The fraction of sp³-hybridized carbons (Fsp3) is 0.421. The molecule has 0 radical (unpaired) electrons. The molecule has 1 N–H and O–H groups in total. The molecule has 0 unspecified atom stereocenters. The number of hydrogen-bond acceptors (Lipinski definition) is 4. The maximum absolute atomic E-state index is 6.23. The second kappa shape index (κ2) is 6.73. The smallest absolute Gasteiger partial charge is 0.400 e. The number of likely N-dealkylation sites (N-methyl/N-ethyl adjacent to an activating group) is 1. The minimum absolute atomic E-state index is 0.358. The number of aromatic nitrogens is 1. The molecule has 132 valence electrons. The number of pyridine rings is 1. The Morgan fingerprint density at radius 2 is 1.88 bits per heavy atom. The van der Waals surface area contributed by atoms with Gasteiger partial charge in [-0.05, 0) is 57.9 Å². The summed E-state index contributed by atoms with van der Waals surface area (Å²) in [6.45, 7) is 8.92. The van der Waals surface area contributed by atoms with Crippen LogP contribution < -0.4 is 5.32 Å². The van der Waals surface area contributed by atoms with Gasteiger partial charge in [0, 0.05) is 18.1 Å². The summed E-state index contributed by atoms with van der Waals surface area (Å²) in [5.41, 5.74) is 2.25. The third kappa shape index (κ3) is 3.60. The van der Waals surface area contributed by atoms with E-state index in [0.717, 1.165) is 21.9 Å². The summed E-state index contributed by atoms with van der Waals surface area (Å²) in [7, 11) is 1.54. The van der Waals surface area contributed by atoms with Gasteiger partial charge in [0.25, 0.3) is 0 Å². The standard InChI is InChI=1S/C19H24BClN2O2/c1-18(2)19(3,4)25-20(24-18)14(12-22-5)10-13-6-7-15-16(21)8-9-23-17(15)11-13/h6-11,22H,12H2,1-5H3. The first-order valence-corrected chi connectivity index (χ1v) is 8.86. The summed E-state index contributed by atoms with van der Waals surface area (Å²) in [6.07, 6.45) is 3.82. The Morgan fingerprint density at radius 1 is 1.20 bits per heavy atom. The zero-order valence-corrected chi connectivity index (χ0v) is 16.1. The topological polar surface area (TPSA) is 43.4 Å². The number of halogens is 1. The second-order valence-corrected chi connectivity index (χ2v) is 7.81. The van der Waals surface area contributed by atoms with Gasteiger partial charge < -0.3 is 14.6 Å². The average molecular weight is 359 g/mol. The van der Waals surface area contributed by atoms with E-state index in [2.05, 4.69) is 44.1 Å². The van der Waals surface area contributed by atoms with Crippen molar-refractivity contribution in [2.24, 2.45) is 0 Å². The lowest BCUT2D eigenvalue weighted by Crippen LogP contribution is -2.41. The van der Waals surface area contributed by atoms with Crippen LogP contribution in [-0.4, -0.2) is 36.9 Å². The zero-order valence-electron chi connectivity index (χ0n) is 15.4. The molecule has 2 heterocycles. The number of benzene rings is 1. The van der Waals surface area contributed by atoms with Gasteiger partial charge in [-0.1, -0.05) is 29.8 Å². The highest BCUT2D eigenvalue weighted by atomic mass is 35.5. The molecule has 0 saturated carbocycles. The molecule has 6 heteroatoms. The summed E-state index contributed by atoms with van der Waals surface area (Å²) in [5, 5.41) is 4.86.